The van der Waals surface area contributed by atoms with Gasteiger partial charge < -0.3 is 10.2 Å². The first-order chi connectivity index (χ1) is 9.48. The zero-order valence-corrected chi connectivity index (χ0v) is 13.8. The molecule has 1 aliphatic carbocycles. The summed E-state index contributed by atoms with van der Waals surface area (Å²) in [5, 5.41) is 13.6. The van der Waals surface area contributed by atoms with E-state index < -0.39 is 0 Å². The molecule has 2 atom stereocenters. The highest BCUT2D eigenvalue weighted by atomic mass is 35.5. The first kappa shape index (κ1) is 15.6. The standard InChI is InChI=1S/C14H21ClN4S/c1-10-5-4-6-14(7-10,19(2)3)9-17-13-11(8-16)12(15)18-20-13/h10,17H,4-7,9H2,1-3H3. The molecule has 0 saturated heterocycles. The first-order valence-electron chi connectivity index (χ1n) is 6.95. The van der Waals surface area contributed by atoms with Gasteiger partial charge in [-0.3, -0.25) is 0 Å². The Bertz CT molecular complexity index is 508. The molecule has 1 N–H and O–H groups in total. The fourth-order valence-corrected chi connectivity index (χ4v) is 4.02. The second kappa shape index (κ2) is 6.30. The molecule has 4 nitrogen and oxygen atoms in total. The van der Waals surface area contributed by atoms with Crippen LogP contribution in [0.15, 0.2) is 0 Å². The Balaban J connectivity index is 2.12. The summed E-state index contributed by atoms with van der Waals surface area (Å²) < 4.78 is 4.04. The Morgan fingerprint density at radius 2 is 2.35 bits per heavy atom. The number of hydrogen-bond acceptors (Lipinski definition) is 5. The predicted octanol–water partition coefficient (Wildman–Crippen LogP) is 3.59. The van der Waals surface area contributed by atoms with E-state index in [-0.39, 0.29) is 5.54 Å². The Kier molecular flexibility index (Phi) is 4.90. The van der Waals surface area contributed by atoms with Gasteiger partial charge in [-0.15, -0.1) is 0 Å². The molecule has 1 aromatic heterocycles. The zero-order valence-electron chi connectivity index (χ0n) is 12.2. The van der Waals surface area contributed by atoms with Crippen molar-refractivity contribution in [3.63, 3.8) is 0 Å². The third kappa shape index (κ3) is 3.08. The van der Waals surface area contributed by atoms with E-state index in [1.165, 1.54) is 37.2 Å². The molecule has 0 bridgehead atoms. The third-order valence-electron chi connectivity index (χ3n) is 4.36. The second-order valence-corrected chi connectivity index (χ2v) is 7.09. The number of nitriles is 1. The summed E-state index contributed by atoms with van der Waals surface area (Å²) in [6, 6.07) is 2.12. The highest BCUT2D eigenvalue weighted by Crippen LogP contribution is 2.37. The maximum absolute atomic E-state index is 9.12. The Labute approximate surface area is 129 Å². The van der Waals surface area contributed by atoms with Gasteiger partial charge in [0.25, 0.3) is 0 Å². The van der Waals surface area contributed by atoms with Gasteiger partial charge in [-0.25, -0.2) is 0 Å². The maximum atomic E-state index is 9.12. The van der Waals surface area contributed by atoms with Crippen LogP contribution in [0.25, 0.3) is 0 Å². The van der Waals surface area contributed by atoms with Crippen LogP contribution >= 0.6 is 23.1 Å². The molecule has 1 saturated carbocycles. The van der Waals surface area contributed by atoms with Crippen LogP contribution in [0.3, 0.4) is 0 Å². The Morgan fingerprint density at radius 3 is 2.95 bits per heavy atom. The first-order valence-corrected chi connectivity index (χ1v) is 8.10. The summed E-state index contributed by atoms with van der Waals surface area (Å²) in [5.41, 5.74) is 0.621. The molecular weight excluding hydrogens is 292 g/mol. The number of anilines is 1. The van der Waals surface area contributed by atoms with Crippen molar-refractivity contribution in [2.45, 2.75) is 38.1 Å². The van der Waals surface area contributed by atoms with Crippen molar-refractivity contribution >= 4 is 28.1 Å². The van der Waals surface area contributed by atoms with E-state index in [1.54, 1.807) is 0 Å². The lowest BCUT2D eigenvalue weighted by Crippen LogP contribution is -2.52. The molecule has 0 amide bonds. The van der Waals surface area contributed by atoms with Gasteiger partial charge in [-0.1, -0.05) is 31.4 Å². The third-order valence-corrected chi connectivity index (χ3v) is 5.54. The van der Waals surface area contributed by atoms with E-state index >= 15 is 0 Å². The van der Waals surface area contributed by atoms with Crippen molar-refractivity contribution in [3.8, 4) is 6.07 Å². The molecule has 2 rings (SSSR count). The van der Waals surface area contributed by atoms with Crippen LogP contribution in [-0.4, -0.2) is 35.5 Å². The summed E-state index contributed by atoms with van der Waals surface area (Å²) in [4.78, 5) is 2.32. The largest absolute Gasteiger partial charge is 0.373 e. The SMILES string of the molecule is CC1CCCC(CNc2snc(Cl)c2C#N)(N(C)C)C1. The van der Waals surface area contributed by atoms with Crippen LogP contribution in [0.2, 0.25) is 5.15 Å². The summed E-state index contributed by atoms with van der Waals surface area (Å²) in [6.45, 7) is 3.15. The summed E-state index contributed by atoms with van der Waals surface area (Å²) >= 11 is 7.18. The second-order valence-electron chi connectivity index (χ2n) is 5.96. The van der Waals surface area contributed by atoms with Crippen molar-refractivity contribution in [2.24, 2.45) is 5.92 Å². The summed E-state index contributed by atoms with van der Waals surface area (Å²) in [6.07, 6.45) is 4.94. The monoisotopic (exact) mass is 312 g/mol. The number of aromatic nitrogens is 1. The molecule has 1 heterocycles. The molecule has 110 valence electrons. The number of halogens is 1. The normalized spacial score (nSPS) is 26.5. The molecule has 2 unspecified atom stereocenters. The van der Waals surface area contributed by atoms with Gasteiger partial charge >= 0.3 is 0 Å². The predicted molar refractivity (Wildman–Crippen MR) is 84.4 cm³/mol. The van der Waals surface area contributed by atoms with Crippen molar-refractivity contribution < 1.29 is 0 Å². The van der Waals surface area contributed by atoms with E-state index in [9.17, 15) is 0 Å². The lowest BCUT2D eigenvalue weighted by molar-refractivity contribution is 0.0883. The Morgan fingerprint density at radius 1 is 1.60 bits per heavy atom. The molecule has 20 heavy (non-hydrogen) atoms. The molecule has 0 radical (unpaired) electrons. The van der Waals surface area contributed by atoms with Crippen LogP contribution in [0.1, 0.15) is 38.2 Å². The van der Waals surface area contributed by atoms with Crippen LogP contribution < -0.4 is 5.32 Å². The quantitative estimate of drug-likeness (QED) is 0.923. The molecule has 1 aliphatic rings. The molecule has 0 aliphatic heterocycles. The Hall–Kier alpha value is -0.830. The van der Waals surface area contributed by atoms with E-state index in [1.807, 2.05) is 0 Å². The minimum Gasteiger partial charge on any atom is -0.373 e. The fraction of sp³-hybridized carbons (Fsp3) is 0.714. The lowest BCUT2D eigenvalue weighted by atomic mass is 9.75. The number of nitrogens with zero attached hydrogens (tertiary/aromatic N) is 3. The van der Waals surface area contributed by atoms with E-state index in [0.717, 1.165) is 17.5 Å². The van der Waals surface area contributed by atoms with Gasteiger partial charge in [0.05, 0.1) is 0 Å². The fourth-order valence-electron chi connectivity index (χ4n) is 3.09. The molecule has 1 aromatic rings. The smallest absolute Gasteiger partial charge is 0.162 e. The zero-order chi connectivity index (χ0) is 14.8. The molecule has 0 aromatic carbocycles. The highest BCUT2D eigenvalue weighted by Gasteiger charge is 2.37. The average Bonchev–Trinajstić information content (AvgIpc) is 2.76. The number of nitrogens with one attached hydrogen (secondary N) is 1. The van der Waals surface area contributed by atoms with Crippen molar-refractivity contribution in [1.29, 1.82) is 5.26 Å². The van der Waals surface area contributed by atoms with Crippen LogP contribution in [0, 0.1) is 17.2 Å². The average molecular weight is 313 g/mol. The molecule has 1 fully saturated rings. The minimum absolute atomic E-state index is 0.154. The molecule has 6 heteroatoms. The van der Waals surface area contributed by atoms with Gasteiger partial charge in [-0.2, -0.15) is 9.64 Å². The maximum Gasteiger partial charge on any atom is 0.162 e. The van der Waals surface area contributed by atoms with Crippen LogP contribution in [0.4, 0.5) is 5.00 Å². The summed E-state index contributed by atoms with van der Waals surface area (Å²) in [7, 11) is 4.29. The lowest BCUT2D eigenvalue weighted by Gasteiger charge is -2.45. The van der Waals surface area contributed by atoms with E-state index in [4.69, 9.17) is 16.9 Å². The van der Waals surface area contributed by atoms with Crippen LogP contribution in [-0.2, 0) is 0 Å². The van der Waals surface area contributed by atoms with Gasteiger partial charge in [0.15, 0.2) is 5.15 Å². The van der Waals surface area contributed by atoms with Crippen molar-refractivity contribution in [1.82, 2.24) is 9.27 Å². The van der Waals surface area contributed by atoms with Gasteiger partial charge in [0.2, 0.25) is 0 Å². The topological polar surface area (TPSA) is 52.0 Å². The van der Waals surface area contributed by atoms with E-state index in [2.05, 4.69) is 41.7 Å². The highest BCUT2D eigenvalue weighted by molar-refractivity contribution is 7.10. The molecular formula is C14H21ClN4S. The number of rotatable bonds is 4. The van der Waals surface area contributed by atoms with Crippen LogP contribution in [0.5, 0.6) is 0 Å². The van der Waals surface area contributed by atoms with Gasteiger partial charge in [0.1, 0.15) is 16.6 Å². The van der Waals surface area contributed by atoms with Gasteiger partial charge in [0, 0.05) is 12.1 Å². The number of hydrogen-bond donors (Lipinski definition) is 1. The summed E-state index contributed by atoms with van der Waals surface area (Å²) in [5.74, 6) is 0.744. The van der Waals surface area contributed by atoms with Crippen molar-refractivity contribution in [2.75, 3.05) is 26.0 Å². The number of likely N-dealkylation sites (N-methyl/N-ethyl adjacent to an activating group) is 1. The van der Waals surface area contributed by atoms with Crippen molar-refractivity contribution in [3.05, 3.63) is 10.7 Å². The minimum atomic E-state index is 0.154. The van der Waals surface area contributed by atoms with E-state index in [0.29, 0.717) is 10.7 Å². The molecule has 0 spiro atoms. The van der Waals surface area contributed by atoms with Gasteiger partial charge in [-0.05, 0) is 44.4 Å².